The highest BCUT2D eigenvalue weighted by Crippen LogP contribution is 2.40. The van der Waals surface area contributed by atoms with Crippen LogP contribution in [0.1, 0.15) is 24.8 Å². The first-order valence-electron chi connectivity index (χ1n) is 7.51. The van der Waals surface area contributed by atoms with Crippen LogP contribution in [0.5, 0.6) is 5.75 Å². The molecule has 1 saturated heterocycles. The average Bonchev–Trinajstić information content (AvgIpc) is 2.93. The highest BCUT2D eigenvalue weighted by atomic mass is 16.7. The van der Waals surface area contributed by atoms with Crippen LogP contribution in [0.25, 0.3) is 0 Å². The summed E-state index contributed by atoms with van der Waals surface area (Å²) in [6, 6.07) is 7.88. The van der Waals surface area contributed by atoms with Crippen LogP contribution in [-0.4, -0.2) is 37.7 Å². The van der Waals surface area contributed by atoms with Gasteiger partial charge in [-0.1, -0.05) is 12.1 Å². The maximum absolute atomic E-state index is 6.59. The Hall–Kier alpha value is -1.14. The normalized spacial score (nSPS) is 31.5. The molecule has 116 valence electrons. The number of rotatable bonds is 3. The predicted octanol–water partition coefficient (Wildman–Crippen LogP) is 1.19. The van der Waals surface area contributed by atoms with Crippen molar-refractivity contribution in [3.63, 3.8) is 0 Å². The summed E-state index contributed by atoms with van der Waals surface area (Å²) in [5, 5.41) is 0. The van der Waals surface area contributed by atoms with E-state index in [9.17, 15) is 0 Å². The van der Waals surface area contributed by atoms with Gasteiger partial charge in [0.1, 0.15) is 5.75 Å². The summed E-state index contributed by atoms with van der Waals surface area (Å²) in [6.45, 7) is 1.31. The largest absolute Gasteiger partial charge is 0.497 e. The van der Waals surface area contributed by atoms with Crippen molar-refractivity contribution < 1.29 is 14.2 Å². The Morgan fingerprint density at radius 2 is 1.86 bits per heavy atom. The van der Waals surface area contributed by atoms with Gasteiger partial charge in [-0.05, 0) is 30.5 Å². The Morgan fingerprint density at radius 3 is 2.43 bits per heavy atom. The molecule has 5 heteroatoms. The first kappa shape index (κ1) is 14.8. The highest BCUT2D eigenvalue weighted by molar-refractivity contribution is 5.29. The van der Waals surface area contributed by atoms with E-state index in [1.54, 1.807) is 7.11 Å². The zero-order chi connectivity index (χ0) is 14.9. The Morgan fingerprint density at radius 1 is 1.19 bits per heavy atom. The van der Waals surface area contributed by atoms with Gasteiger partial charge in [-0.15, -0.1) is 0 Å². The van der Waals surface area contributed by atoms with E-state index in [2.05, 4.69) is 0 Å². The smallest absolute Gasteiger partial charge is 0.170 e. The van der Waals surface area contributed by atoms with Crippen LogP contribution in [0.2, 0.25) is 0 Å². The molecular formula is C16H24N2O3. The zero-order valence-electron chi connectivity index (χ0n) is 12.5. The SMILES string of the molecule is COc1ccc(CC2(N)CCC3(CC2N)OCCO3)cc1. The van der Waals surface area contributed by atoms with E-state index in [1.807, 2.05) is 24.3 Å². The van der Waals surface area contributed by atoms with Crippen molar-refractivity contribution in [1.29, 1.82) is 0 Å². The number of methoxy groups -OCH3 is 1. The van der Waals surface area contributed by atoms with Gasteiger partial charge in [0, 0.05) is 24.4 Å². The number of hydrogen-bond acceptors (Lipinski definition) is 5. The van der Waals surface area contributed by atoms with E-state index >= 15 is 0 Å². The molecule has 5 nitrogen and oxygen atoms in total. The van der Waals surface area contributed by atoms with Crippen LogP contribution < -0.4 is 16.2 Å². The molecular weight excluding hydrogens is 268 g/mol. The van der Waals surface area contributed by atoms with Gasteiger partial charge >= 0.3 is 0 Å². The van der Waals surface area contributed by atoms with Gasteiger partial charge < -0.3 is 25.7 Å². The van der Waals surface area contributed by atoms with E-state index in [0.29, 0.717) is 19.6 Å². The molecule has 1 aliphatic heterocycles. The summed E-state index contributed by atoms with van der Waals surface area (Å²) in [5.74, 6) is 0.367. The lowest BCUT2D eigenvalue weighted by Gasteiger charge is -2.46. The highest BCUT2D eigenvalue weighted by Gasteiger charge is 2.49. The molecule has 2 atom stereocenters. The zero-order valence-corrected chi connectivity index (χ0v) is 12.5. The minimum Gasteiger partial charge on any atom is -0.497 e. The lowest BCUT2D eigenvalue weighted by atomic mass is 9.72. The maximum Gasteiger partial charge on any atom is 0.170 e. The molecule has 1 aromatic rings. The van der Waals surface area contributed by atoms with E-state index in [0.717, 1.165) is 25.0 Å². The molecule has 1 spiro atoms. The van der Waals surface area contributed by atoms with Crippen LogP contribution in [0.3, 0.4) is 0 Å². The van der Waals surface area contributed by atoms with Gasteiger partial charge in [0.25, 0.3) is 0 Å². The van der Waals surface area contributed by atoms with Gasteiger partial charge in [0.05, 0.1) is 20.3 Å². The fourth-order valence-corrected chi connectivity index (χ4v) is 3.35. The summed E-state index contributed by atoms with van der Waals surface area (Å²) in [7, 11) is 1.66. The molecule has 1 heterocycles. The number of nitrogens with two attached hydrogens (primary N) is 2. The van der Waals surface area contributed by atoms with E-state index in [-0.39, 0.29) is 6.04 Å². The first-order valence-corrected chi connectivity index (χ1v) is 7.51. The van der Waals surface area contributed by atoms with Crippen molar-refractivity contribution in [2.45, 2.75) is 43.1 Å². The molecule has 1 saturated carbocycles. The molecule has 3 rings (SSSR count). The van der Waals surface area contributed by atoms with E-state index < -0.39 is 11.3 Å². The minimum atomic E-state index is -0.484. The number of ether oxygens (including phenoxy) is 3. The van der Waals surface area contributed by atoms with Crippen molar-refractivity contribution in [3.8, 4) is 5.75 Å². The van der Waals surface area contributed by atoms with Crippen molar-refractivity contribution in [3.05, 3.63) is 29.8 Å². The Balaban J connectivity index is 1.69. The number of hydrogen-bond donors (Lipinski definition) is 2. The van der Waals surface area contributed by atoms with E-state index in [1.165, 1.54) is 5.56 Å². The summed E-state index contributed by atoms with van der Waals surface area (Å²) >= 11 is 0. The second-order valence-corrected chi connectivity index (χ2v) is 6.18. The average molecular weight is 292 g/mol. The molecule has 4 N–H and O–H groups in total. The summed E-state index contributed by atoms with van der Waals surface area (Å²) in [4.78, 5) is 0. The maximum atomic E-state index is 6.59. The van der Waals surface area contributed by atoms with Gasteiger partial charge in [-0.25, -0.2) is 0 Å². The lowest BCUT2D eigenvalue weighted by Crippen LogP contribution is -2.63. The Bertz CT molecular complexity index is 485. The Kier molecular flexibility index (Phi) is 3.92. The molecule has 1 aromatic carbocycles. The standard InChI is InChI=1S/C16H24N2O3/c1-19-13-4-2-12(3-5-13)10-15(18)6-7-16(11-14(15)17)20-8-9-21-16/h2-5,14H,6-11,17-18H2,1H3. The Labute approximate surface area is 125 Å². The molecule has 0 amide bonds. The van der Waals surface area contributed by atoms with Gasteiger partial charge in [-0.3, -0.25) is 0 Å². The molecule has 2 fully saturated rings. The topological polar surface area (TPSA) is 79.7 Å². The van der Waals surface area contributed by atoms with Crippen molar-refractivity contribution in [1.82, 2.24) is 0 Å². The molecule has 0 radical (unpaired) electrons. The van der Waals surface area contributed by atoms with Crippen molar-refractivity contribution in [2.24, 2.45) is 11.5 Å². The lowest BCUT2D eigenvalue weighted by molar-refractivity contribution is -0.188. The van der Waals surface area contributed by atoms with Crippen LogP contribution in [0.4, 0.5) is 0 Å². The van der Waals surface area contributed by atoms with Crippen LogP contribution >= 0.6 is 0 Å². The van der Waals surface area contributed by atoms with Crippen LogP contribution in [0.15, 0.2) is 24.3 Å². The third-order valence-corrected chi connectivity index (χ3v) is 4.75. The molecule has 21 heavy (non-hydrogen) atoms. The molecule has 2 aliphatic rings. The van der Waals surface area contributed by atoms with Gasteiger partial charge in [-0.2, -0.15) is 0 Å². The molecule has 1 aliphatic carbocycles. The fraction of sp³-hybridized carbons (Fsp3) is 0.625. The quantitative estimate of drug-likeness (QED) is 0.875. The second-order valence-electron chi connectivity index (χ2n) is 6.18. The van der Waals surface area contributed by atoms with Gasteiger partial charge in [0.2, 0.25) is 0 Å². The predicted molar refractivity (Wildman–Crippen MR) is 80.1 cm³/mol. The number of benzene rings is 1. The monoisotopic (exact) mass is 292 g/mol. The summed E-state index contributed by atoms with van der Waals surface area (Å²) in [6.07, 6.45) is 3.04. The van der Waals surface area contributed by atoms with Crippen molar-refractivity contribution in [2.75, 3.05) is 20.3 Å². The second kappa shape index (κ2) is 5.57. The van der Waals surface area contributed by atoms with Gasteiger partial charge in [0.15, 0.2) is 5.79 Å². The molecule has 0 aromatic heterocycles. The third kappa shape index (κ3) is 2.92. The summed E-state index contributed by atoms with van der Waals surface area (Å²) < 4.78 is 16.7. The molecule has 2 unspecified atom stereocenters. The first-order chi connectivity index (χ1) is 10.1. The van der Waals surface area contributed by atoms with Crippen molar-refractivity contribution >= 4 is 0 Å². The fourth-order valence-electron chi connectivity index (χ4n) is 3.35. The molecule has 0 bridgehead atoms. The van der Waals surface area contributed by atoms with Crippen LogP contribution in [0, 0.1) is 0 Å². The van der Waals surface area contributed by atoms with Crippen LogP contribution in [-0.2, 0) is 15.9 Å². The van der Waals surface area contributed by atoms with E-state index in [4.69, 9.17) is 25.7 Å². The summed E-state index contributed by atoms with van der Waals surface area (Å²) in [5.41, 5.74) is 13.7. The third-order valence-electron chi connectivity index (χ3n) is 4.75. The minimum absolute atomic E-state index is 0.133.